The molecule has 0 aliphatic rings. The summed E-state index contributed by atoms with van der Waals surface area (Å²) in [6, 6.07) is 6.18. The van der Waals surface area contributed by atoms with E-state index >= 15 is 0 Å². The molecule has 0 aliphatic heterocycles. The molecule has 5 nitrogen and oxygen atoms in total. The van der Waals surface area contributed by atoms with Crippen LogP contribution in [0.1, 0.15) is 15.4 Å². The van der Waals surface area contributed by atoms with E-state index in [1.54, 1.807) is 18.2 Å². The summed E-state index contributed by atoms with van der Waals surface area (Å²) in [5.74, 6) is -0.174. The van der Waals surface area contributed by atoms with E-state index in [-0.39, 0.29) is 10.3 Å². The lowest BCUT2D eigenvalue weighted by molar-refractivity contribution is -0.140. The smallest absolute Gasteiger partial charge is 0.306 e. The Balaban J connectivity index is 1.97. The summed E-state index contributed by atoms with van der Waals surface area (Å²) in [4.78, 5) is 16.5. The van der Waals surface area contributed by atoms with E-state index in [1.165, 1.54) is 19.3 Å². The minimum absolute atomic E-state index is 0.0776. The number of carbonyl (C=O) groups is 1. The number of nitrogens with one attached hydrogen (secondary N) is 1. The Labute approximate surface area is 126 Å². The second kappa shape index (κ2) is 5.09. The van der Waals surface area contributed by atoms with Gasteiger partial charge in [0.15, 0.2) is 5.69 Å². The number of nitrogens with zero attached hydrogens (tertiary/aromatic N) is 3. The molecule has 3 heterocycles. The molecule has 1 N–H and O–H groups in total. The third-order valence-electron chi connectivity index (χ3n) is 2.91. The van der Waals surface area contributed by atoms with E-state index in [4.69, 9.17) is 0 Å². The molecule has 0 saturated heterocycles. The minimum atomic E-state index is -4.56. The standard InChI is InChI=1S/C13H9F3N4OS/c1-20-12-7(10(19-20)13(14,15)16)6-8(22-12)11(21)18-9-4-2-3-5-17-9/h2-6H,1H3,(H,17,18,21). The van der Waals surface area contributed by atoms with Gasteiger partial charge in [-0.3, -0.25) is 9.48 Å². The molecule has 0 atom stereocenters. The summed E-state index contributed by atoms with van der Waals surface area (Å²) in [6.07, 6.45) is -3.05. The van der Waals surface area contributed by atoms with Gasteiger partial charge in [-0.05, 0) is 18.2 Å². The van der Waals surface area contributed by atoms with Crippen LogP contribution in [0.15, 0.2) is 30.5 Å². The van der Waals surface area contributed by atoms with Crippen molar-refractivity contribution in [3.63, 3.8) is 0 Å². The number of halogens is 3. The van der Waals surface area contributed by atoms with Crippen LogP contribution >= 0.6 is 11.3 Å². The predicted octanol–water partition coefficient (Wildman–Crippen LogP) is 3.30. The first kappa shape index (κ1) is 14.5. The number of thiophene rings is 1. The van der Waals surface area contributed by atoms with Gasteiger partial charge in [0.2, 0.25) is 0 Å². The van der Waals surface area contributed by atoms with Crippen molar-refractivity contribution in [2.24, 2.45) is 7.05 Å². The summed E-state index contributed by atoms with van der Waals surface area (Å²) in [5, 5.41) is 5.92. The van der Waals surface area contributed by atoms with Gasteiger partial charge in [0.25, 0.3) is 5.91 Å². The molecule has 0 bridgehead atoms. The fourth-order valence-electron chi connectivity index (χ4n) is 1.98. The lowest BCUT2D eigenvalue weighted by atomic mass is 10.2. The van der Waals surface area contributed by atoms with Crippen LogP contribution in [0, 0.1) is 0 Å². The Bertz CT molecular complexity index is 838. The average Bonchev–Trinajstić information content (AvgIpc) is 3.00. The first-order valence-corrected chi connectivity index (χ1v) is 6.94. The van der Waals surface area contributed by atoms with E-state index in [2.05, 4.69) is 15.4 Å². The highest BCUT2D eigenvalue weighted by Gasteiger charge is 2.37. The first-order chi connectivity index (χ1) is 10.4. The quantitative estimate of drug-likeness (QED) is 0.786. The number of alkyl halides is 3. The molecule has 9 heteroatoms. The van der Waals surface area contributed by atoms with Crippen molar-refractivity contribution < 1.29 is 18.0 Å². The van der Waals surface area contributed by atoms with Crippen LogP contribution in [-0.2, 0) is 13.2 Å². The van der Waals surface area contributed by atoms with Crippen LogP contribution < -0.4 is 5.32 Å². The fourth-order valence-corrected chi connectivity index (χ4v) is 2.94. The molecule has 3 rings (SSSR count). The lowest BCUT2D eigenvalue weighted by Crippen LogP contribution is -2.11. The zero-order chi connectivity index (χ0) is 15.9. The van der Waals surface area contributed by atoms with Crippen molar-refractivity contribution in [2.45, 2.75) is 6.18 Å². The summed E-state index contributed by atoms with van der Waals surface area (Å²) in [6.45, 7) is 0. The van der Waals surface area contributed by atoms with Gasteiger partial charge in [-0.2, -0.15) is 18.3 Å². The van der Waals surface area contributed by atoms with Gasteiger partial charge < -0.3 is 5.32 Å². The van der Waals surface area contributed by atoms with Gasteiger partial charge in [0, 0.05) is 18.6 Å². The van der Waals surface area contributed by atoms with E-state index in [1.807, 2.05) is 0 Å². The Kier molecular flexibility index (Phi) is 3.36. The maximum Gasteiger partial charge on any atom is 0.435 e. The summed E-state index contributed by atoms with van der Waals surface area (Å²) in [7, 11) is 1.41. The zero-order valence-corrected chi connectivity index (χ0v) is 12.0. The maximum absolute atomic E-state index is 12.9. The number of amides is 1. The average molecular weight is 326 g/mol. The number of aryl methyl sites for hydroxylation is 1. The van der Waals surface area contributed by atoms with Crippen LogP contribution in [0.3, 0.4) is 0 Å². The van der Waals surface area contributed by atoms with Crippen LogP contribution in [0.2, 0.25) is 0 Å². The molecule has 0 spiro atoms. The number of anilines is 1. The summed E-state index contributed by atoms with van der Waals surface area (Å²) >= 11 is 0.949. The number of carbonyl (C=O) groups excluding carboxylic acids is 1. The minimum Gasteiger partial charge on any atom is -0.306 e. The third-order valence-corrected chi connectivity index (χ3v) is 4.11. The summed E-state index contributed by atoms with van der Waals surface area (Å²) < 4.78 is 39.8. The van der Waals surface area contributed by atoms with Crippen molar-refractivity contribution in [3.05, 3.63) is 41.0 Å². The zero-order valence-electron chi connectivity index (χ0n) is 11.2. The number of aromatic nitrogens is 3. The van der Waals surface area contributed by atoms with Crippen LogP contribution in [0.5, 0.6) is 0 Å². The Morgan fingerprint density at radius 2 is 2.14 bits per heavy atom. The predicted molar refractivity (Wildman–Crippen MR) is 75.8 cm³/mol. The highest BCUT2D eigenvalue weighted by atomic mass is 32.1. The molecule has 0 aromatic carbocycles. The van der Waals surface area contributed by atoms with Gasteiger partial charge in [0.05, 0.1) is 4.88 Å². The summed E-state index contributed by atoms with van der Waals surface area (Å²) in [5.41, 5.74) is -0.988. The third kappa shape index (κ3) is 2.54. The molecule has 3 aromatic heterocycles. The molecular formula is C13H9F3N4OS. The van der Waals surface area contributed by atoms with Crippen molar-refractivity contribution >= 4 is 33.3 Å². The lowest BCUT2D eigenvalue weighted by Gasteiger charge is -2.02. The van der Waals surface area contributed by atoms with E-state index in [9.17, 15) is 18.0 Å². The molecule has 3 aromatic rings. The monoisotopic (exact) mass is 326 g/mol. The van der Waals surface area contributed by atoms with Crippen molar-refractivity contribution in [1.29, 1.82) is 0 Å². The first-order valence-electron chi connectivity index (χ1n) is 6.12. The van der Waals surface area contributed by atoms with Gasteiger partial charge in [-0.15, -0.1) is 11.3 Å². The van der Waals surface area contributed by atoms with Crippen LogP contribution in [-0.4, -0.2) is 20.7 Å². The van der Waals surface area contributed by atoms with Crippen LogP contribution in [0.4, 0.5) is 19.0 Å². The number of hydrogen-bond acceptors (Lipinski definition) is 4. The number of rotatable bonds is 2. The van der Waals surface area contributed by atoms with Gasteiger partial charge >= 0.3 is 6.18 Å². The van der Waals surface area contributed by atoms with Crippen molar-refractivity contribution in [3.8, 4) is 0 Å². The fraction of sp³-hybridized carbons (Fsp3) is 0.154. The highest BCUT2D eigenvalue weighted by Crippen LogP contribution is 2.37. The number of pyridine rings is 1. The number of fused-ring (bicyclic) bond motifs is 1. The molecule has 114 valence electrons. The highest BCUT2D eigenvalue weighted by molar-refractivity contribution is 7.20. The Morgan fingerprint density at radius 3 is 2.77 bits per heavy atom. The second-order valence-electron chi connectivity index (χ2n) is 4.47. The van der Waals surface area contributed by atoms with Crippen molar-refractivity contribution in [2.75, 3.05) is 5.32 Å². The molecular weight excluding hydrogens is 317 g/mol. The van der Waals surface area contributed by atoms with E-state index in [0.29, 0.717) is 10.6 Å². The van der Waals surface area contributed by atoms with Crippen LogP contribution in [0.25, 0.3) is 10.2 Å². The molecule has 0 fully saturated rings. The second-order valence-corrected chi connectivity index (χ2v) is 5.50. The SMILES string of the molecule is Cn1nc(C(F)(F)F)c2cc(C(=O)Nc3ccccn3)sc21. The Hall–Kier alpha value is -2.42. The van der Waals surface area contributed by atoms with Gasteiger partial charge in [-0.25, -0.2) is 4.98 Å². The molecule has 0 unspecified atom stereocenters. The maximum atomic E-state index is 12.9. The molecule has 0 saturated carbocycles. The Morgan fingerprint density at radius 1 is 1.36 bits per heavy atom. The largest absolute Gasteiger partial charge is 0.435 e. The topological polar surface area (TPSA) is 59.8 Å². The number of hydrogen-bond donors (Lipinski definition) is 1. The van der Waals surface area contributed by atoms with Gasteiger partial charge in [0.1, 0.15) is 10.6 Å². The van der Waals surface area contributed by atoms with E-state index < -0.39 is 17.8 Å². The van der Waals surface area contributed by atoms with Crippen molar-refractivity contribution in [1.82, 2.24) is 14.8 Å². The molecule has 22 heavy (non-hydrogen) atoms. The van der Waals surface area contributed by atoms with Gasteiger partial charge in [-0.1, -0.05) is 6.07 Å². The van der Waals surface area contributed by atoms with E-state index in [0.717, 1.165) is 16.0 Å². The molecule has 0 aliphatic carbocycles. The molecule has 0 radical (unpaired) electrons. The normalized spacial score (nSPS) is 11.8. The molecule has 1 amide bonds.